The van der Waals surface area contributed by atoms with Gasteiger partial charge in [0.05, 0.1) is 12.4 Å². The minimum absolute atomic E-state index is 0.0923. The third-order valence-corrected chi connectivity index (χ3v) is 4.47. The second-order valence-electron chi connectivity index (χ2n) is 6.14. The molecule has 20 heavy (non-hydrogen) atoms. The highest BCUT2D eigenvalue weighted by molar-refractivity contribution is 7.89. The highest BCUT2D eigenvalue weighted by atomic mass is 32.2. The van der Waals surface area contributed by atoms with Gasteiger partial charge in [0.1, 0.15) is 5.75 Å². The molecule has 4 nitrogen and oxygen atoms in total. The molecule has 0 saturated carbocycles. The van der Waals surface area contributed by atoms with Crippen molar-refractivity contribution in [2.45, 2.75) is 40.0 Å². The van der Waals surface area contributed by atoms with Crippen molar-refractivity contribution in [2.75, 3.05) is 12.4 Å². The molecule has 0 aliphatic carbocycles. The van der Waals surface area contributed by atoms with E-state index in [1.165, 1.54) is 5.56 Å². The third kappa shape index (κ3) is 5.92. The van der Waals surface area contributed by atoms with Crippen LogP contribution in [0.2, 0.25) is 0 Å². The predicted molar refractivity (Wildman–Crippen MR) is 82.4 cm³/mol. The van der Waals surface area contributed by atoms with E-state index in [0.717, 1.165) is 12.2 Å². The van der Waals surface area contributed by atoms with Crippen molar-refractivity contribution in [3.63, 3.8) is 0 Å². The maximum absolute atomic E-state index is 11.1. The Bertz CT molecular complexity index is 521. The van der Waals surface area contributed by atoms with Crippen molar-refractivity contribution in [1.82, 2.24) is 0 Å². The standard InChI is InChI=1S/C15H25NO3S/c1-5-12(2)13-6-8-14(9-7-13)19-10-15(3,4)11-20(16,17)18/h6-9,12H,5,10-11H2,1-4H3,(H2,16,17,18). The Balaban J connectivity index is 2.62. The molecule has 1 unspecified atom stereocenters. The molecule has 1 rings (SSSR count). The Morgan fingerprint density at radius 2 is 1.80 bits per heavy atom. The average Bonchev–Trinajstić information content (AvgIpc) is 2.33. The topological polar surface area (TPSA) is 69.4 Å². The summed E-state index contributed by atoms with van der Waals surface area (Å²) in [6.45, 7) is 8.30. The number of rotatable bonds is 7. The van der Waals surface area contributed by atoms with E-state index in [2.05, 4.69) is 26.0 Å². The highest BCUT2D eigenvalue weighted by Gasteiger charge is 2.25. The molecular weight excluding hydrogens is 274 g/mol. The number of nitrogens with two attached hydrogens (primary N) is 1. The highest BCUT2D eigenvalue weighted by Crippen LogP contribution is 2.23. The first-order chi connectivity index (χ1) is 9.13. The first-order valence-electron chi connectivity index (χ1n) is 6.86. The van der Waals surface area contributed by atoms with Crippen LogP contribution in [-0.4, -0.2) is 20.8 Å². The van der Waals surface area contributed by atoms with Gasteiger partial charge in [0.2, 0.25) is 10.0 Å². The van der Waals surface area contributed by atoms with E-state index in [1.54, 1.807) is 0 Å². The first-order valence-corrected chi connectivity index (χ1v) is 8.58. The Labute approximate surface area is 122 Å². The molecule has 0 amide bonds. The van der Waals surface area contributed by atoms with Crippen molar-refractivity contribution in [3.8, 4) is 5.75 Å². The zero-order chi connectivity index (χ0) is 15.4. The molecule has 114 valence electrons. The smallest absolute Gasteiger partial charge is 0.209 e. The molecule has 0 aromatic heterocycles. The molecule has 0 aliphatic heterocycles. The van der Waals surface area contributed by atoms with Crippen molar-refractivity contribution >= 4 is 10.0 Å². The normalized spacial score (nSPS) is 14.1. The fourth-order valence-electron chi connectivity index (χ4n) is 1.99. The van der Waals surface area contributed by atoms with Crippen LogP contribution >= 0.6 is 0 Å². The van der Waals surface area contributed by atoms with Gasteiger partial charge in [-0.15, -0.1) is 0 Å². The van der Waals surface area contributed by atoms with Crippen LogP contribution in [0.5, 0.6) is 5.75 Å². The molecule has 0 spiro atoms. The van der Waals surface area contributed by atoms with Crippen LogP contribution in [0.15, 0.2) is 24.3 Å². The van der Waals surface area contributed by atoms with Gasteiger partial charge in [-0.25, -0.2) is 13.6 Å². The lowest BCUT2D eigenvalue weighted by Crippen LogP contribution is -2.33. The SMILES string of the molecule is CCC(C)c1ccc(OCC(C)(C)CS(N)(=O)=O)cc1. The monoisotopic (exact) mass is 299 g/mol. The van der Waals surface area contributed by atoms with E-state index in [9.17, 15) is 8.42 Å². The van der Waals surface area contributed by atoms with Crippen LogP contribution in [-0.2, 0) is 10.0 Å². The number of hydrogen-bond acceptors (Lipinski definition) is 3. The van der Waals surface area contributed by atoms with Crippen molar-refractivity contribution in [2.24, 2.45) is 10.6 Å². The van der Waals surface area contributed by atoms with E-state index in [4.69, 9.17) is 9.88 Å². The Morgan fingerprint density at radius 3 is 2.25 bits per heavy atom. The van der Waals surface area contributed by atoms with Gasteiger partial charge >= 0.3 is 0 Å². The second kappa shape index (κ2) is 6.59. The third-order valence-electron chi connectivity index (χ3n) is 3.28. The molecule has 1 aromatic carbocycles. The number of ether oxygens (including phenoxy) is 1. The quantitative estimate of drug-likeness (QED) is 0.841. The summed E-state index contributed by atoms with van der Waals surface area (Å²) < 4.78 is 27.9. The summed E-state index contributed by atoms with van der Waals surface area (Å²) in [5, 5.41) is 5.08. The molecule has 0 fully saturated rings. The van der Waals surface area contributed by atoms with E-state index in [1.807, 2.05) is 26.0 Å². The lowest BCUT2D eigenvalue weighted by atomic mass is 9.98. The van der Waals surface area contributed by atoms with Crippen LogP contribution in [0.4, 0.5) is 0 Å². The fraction of sp³-hybridized carbons (Fsp3) is 0.600. The summed E-state index contributed by atoms with van der Waals surface area (Å²) in [5.74, 6) is 1.19. The van der Waals surface area contributed by atoms with E-state index in [0.29, 0.717) is 12.5 Å². The van der Waals surface area contributed by atoms with Crippen LogP contribution in [0.25, 0.3) is 0 Å². The predicted octanol–water partition coefficient (Wildman–Crippen LogP) is 2.89. The van der Waals surface area contributed by atoms with Crippen molar-refractivity contribution in [1.29, 1.82) is 0 Å². The van der Waals surface area contributed by atoms with E-state index < -0.39 is 15.4 Å². The molecule has 1 aromatic rings. The summed E-state index contributed by atoms with van der Waals surface area (Å²) in [6.07, 6.45) is 1.10. The second-order valence-corrected chi connectivity index (χ2v) is 7.75. The van der Waals surface area contributed by atoms with Gasteiger partial charge < -0.3 is 4.74 Å². The number of sulfonamides is 1. The molecule has 0 heterocycles. The average molecular weight is 299 g/mol. The zero-order valence-electron chi connectivity index (χ0n) is 12.7. The van der Waals surface area contributed by atoms with Gasteiger partial charge in [0.25, 0.3) is 0 Å². The molecule has 0 saturated heterocycles. The Kier molecular flexibility index (Phi) is 5.59. The van der Waals surface area contributed by atoms with Crippen LogP contribution in [0.1, 0.15) is 45.6 Å². The molecule has 1 atom stereocenters. The summed E-state index contributed by atoms with van der Waals surface area (Å²) in [4.78, 5) is 0. The van der Waals surface area contributed by atoms with E-state index in [-0.39, 0.29) is 5.75 Å². The lowest BCUT2D eigenvalue weighted by Gasteiger charge is -2.23. The van der Waals surface area contributed by atoms with Gasteiger partial charge in [0, 0.05) is 5.41 Å². The number of hydrogen-bond donors (Lipinski definition) is 1. The molecule has 0 aliphatic rings. The summed E-state index contributed by atoms with van der Waals surface area (Å²) in [6, 6.07) is 7.95. The minimum Gasteiger partial charge on any atom is -0.493 e. The Morgan fingerprint density at radius 1 is 1.25 bits per heavy atom. The van der Waals surface area contributed by atoms with Gasteiger partial charge in [0.15, 0.2) is 0 Å². The van der Waals surface area contributed by atoms with Crippen LogP contribution in [0, 0.1) is 5.41 Å². The van der Waals surface area contributed by atoms with Gasteiger partial charge in [-0.2, -0.15) is 0 Å². The van der Waals surface area contributed by atoms with Gasteiger partial charge in [-0.3, -0.25) is 0 Å². The molecule has 0 radical (unpaired) electrons. The summed E-state index contributed by atoms with van der Waals surface area (Å²) in [5.41, 5.74) is 0.770. The summed E-state index contributed by atoms with van der Waals surface area (Å²) in [7, 11) is -3.49. The maximum atomic E-state index is 11.1. The van der Waals surface area contributed by atoms with Crippen LogP contribution in [0.3, 0.4) is 0 Å². The summed E-state index contributed by atoms with van der Waals surface area (Å²) >= 11 is 0. The minimum atomic E-state index is -3.49. The fourth-order valence-corrected chi connectivity index (χ4v) is 3.17. The van der Waals surface area contributed by atoms with Gasteiger partial charge in [-0.1, -0.05) is 39.8 Å². The van der Waals surface area contributed by atoms with Gasteiger partial charge in [-0.05, 0) is 30.0 Å². The van der Waals surface area contributed by atoms with Crippen LogP contribution < -0.4 is 9.88 Å². The first kappa shape index (κ1) is 17.0. The van der Waals surface area contributed by atoms with Crippen molar-refractivity contribution < 1.29 is 13.2 Å². The number of benzene rings is 1. The Hall–Kier alpha value is -1.07. The molecule has 0 bridgehead atoms. The van der Waals surface area contributed by atoms with E-state index >= 15 is 0 Å². The lowest BCUT2D eigenvalue weighted by molar-refractivity contribution is 0.200. The largest absolute Gasteiger partial charge is 0.493 e. The van der Waals surface area contributed by atoms with Crippen molar-refractivity contribution in [3.05, 3.63) is 29.8 Å². The molecule has 2 N–H and O–H groups in total. The molecule has 5 heteroatoms. The maximum Gasteiger partial charge on any atom is 0.209 e. The number of primary sulfonamides is 1. The molecular formula is C15H25NO3S. The zero-order valence-corrected chi connectivity index (χ0v) is 13.5.